The minimum atomic E-state index is -0.504. The zero-order chi connectivity index (χ0) is 22.6. The SMILES string of the molecule is CCCCNC(=O)C(CC)N(CCc1ccccc1)C(=O)COc1cccc(C)c1C. The van der Waals surface area contributed by atoms with Gasteiger partial charge < -0.3 is 15.0 Å². The molecule has 2 aromatic rings. The largest absolute Gasteiger partial charge is 0.483 e. The predicted molar refractivity (Wildman–Crippen MR) is 125 cm³/mol. The van der Waals surface area contributed by atoms with Gasteiger partial charge in [-0.3, -0.25) is 9.59 Å². The summed E-state index contributed by atoms with van der Waals surface area (Å²) in [5.74, 6) is 0.440. The van der Waals surface area contributed by atoms with E-state index in [1.165, 1.54) is 0 Å². The molecule has 1 N–H and O–H groups in total. The van der Waals surface area contributed by atoms with Gasteiger partial charge in [0.1, 0.15) is 11.8 Å². The second kappa shape index (κ2) is 12.8. The van der Waals surface area contributed by atoms with E-state index in [4.69, 9.17) is 4.74 Å². The summed E-state index contributed by atoms with van der Waals surface area (Å²) in [6, 6.07) is 15.3. The number of rotatable bonds is 12. The number of hydrogen-bond donors (Lipinski definition) is 1. The number of carbonyl (C=O) groups excluding carboxylic acids is 2. The first-order valence-corrected chi connectivity index (χ1v) is 11.3. The number of benzene rings is 2. The van der Waals surface area contributed by atoms with Crippen LogP contribution in [0.25, 0.3) is 0 Å². The van der Waals surface area contributed by atoms with Crippen molar-refractivity contribution in [2.75, 3.05) is 19.7 Å². The van der Waals surface area contributed by atoms with Crippen LogP contribution in [0.5, 0.6) is 5.75 Å². The molecule has 1 atom stereocenters. The van der Waals surface area contributed by atoms with E-state index in [1.54, 1.807) is 4.90 Å². The lowest BCUT2D eigenvalue weighted by atomic mass is 10.1. The molecule has 0 bridgehead atoms. The number of ether oxygens (including phenoxy) is 1. The Balaban J connectivity index is 2.12. The van der Waals surface area contributed by atoms with Crippen LogP contribution in [-0.2, 0) is 16.0 Å². The molecule has 2 aromatic carbocycles. The fraction of sp³-hybridized carbons (Fsp3) is 0.462. The molecule has 2 rings (SSSR count). The Morgan fingerprint density at radius 2 is 1.77 bits per heavy atom. The van der Waals surface area contributed by atoms with E-state index < -0.39 is 6.04 Å². The third-order valence-electron chi connectivity index (χ3n) is 5.61. The van der Waals surface area contributed by atoms with Gasteiger partial charge in [0, 0.05) is 13.1 Å². The molecule has 5 nitrogen and oxygen atoms in total. The first kappa shape index (κ1) is 24.4. The normalized spacial score (nSPS) is 11.6. The monoisotopic (exact) mass is 424 g/mol. The molecule has 2 amide bonds. The Hall–Kier alpha value is -2.82. The van der Waals surface area contributed by atoms with Crippen LogP contribution in [0.15, 0.2) is 48.5 Å². The highest BCUT2D eigenvalue weighted by atomic mass is 16.5. The Bertz CT molecular complexity index is 836. The van der Waals surface area contributed by atoms with Gasteiger partial charge in [-0.15, -0.1) is 0 Å². The number of carbonyl (C=O) groups is 2. The fourth-order valence-electron chi connectivity index (χ4n) is 3.51. The summed E-state index contributed by atoms with van der Waals surface area (Å²) in [5.41, 5.74) is 3.28. The number of unbranched alkanes of at least 4 members (excludes halogenated alkanes) is 1. The molecule has 0 fully saturated rings. The highest BCUT2D eigenvalue weighted by Crippen LogP contribution is 2.21. The maximum atomic E-state index is 13.2. The number of amides is 2. The van der Waals surface area contributed by atoms with E-state index in [0.717, 1.165) is 29.5 Å². The van der Waals surface area contributed by atoms with E-state index in [9.17, 15) is 9.59 Å². The predicted octanol–water partition coefficient (Wildman–Crippen LogP) is 4.45. The Labute approximate surface area is 186 Å². The van der Waals surface area contributed by atoms with Gasteiger partial charge in [-0.05, 0) is 55.9 Å². The molecule has 168 valence electrons. The van der Waals surface area contributed by atoms with Crippen LogP contribution in [-0.4, -0.2) is 42.5 Å². The number of nitrogens with one attached hydrogen (secondary N) is 1. The van der Waals surface area contributed by atoms with Gasteiger partial charge in [0.05, 0.1) is 0 Å². The number of hydrogen-bond acceptors (Lipinski definition) is 3. The van der Waals surface area contributed by atoms with Gasteiger partial charge in [0.15, 0.2) is 6.61 Å². The van der Waals surface area contributed by atoms with E-state index in [2.05, 4.69) is 12.2 Å². The highest BCUT2D eigenvalue weighted by molar-refractivity contribution is 5.88. The second-order valence-corrected chi connectivity index (χ2v) is 7.88. The average molecular weight is 425 g/mol. The van der Waals surface area contributed by atoms with E-state index in [1.807, 2.05) is 69.3 Å². The van der Waals surface area contributed by atoms with Crippen molar-refractivity contribution in [3.8, 4) is 5.75 Å². The summed E-state index contributed by atoms with van der Waals surface area (Å²) in [7, 11) is 0. The van der Waals surface area contributed by atoms with Gasteiger partial charge in [-0.25, -0.2) is 0 Å². The zero-order valence-corrected chi connectivity index (χ0v) is 19.3. The summed E-state index contributed by atoms with van der Waals surface area (Å²) < 4.78 is 5.86. The van der Waals surface area contributed by atoms with Gasteiger partial charge in [0.25, 0.3) is 5.91 Å². The maximum absolute atomic E-state index is 13.2. The number of aryl methyl sites for hydroxylation is 1. The minimum Gasteiger partial charge on any atom is -0.483 e. The van der Waals surface area contributed by atoms with Crippen molar-refractivity contribution in [1.29, 1.82) is 0 Å². The Morgan fingerprint density at radius 3 is 2.45 bits per heavy atom. The zero-order valence-electron chi connectivity index (χ0n) is 19.3. The Kier molecular flexibility index (Phi) is 10.1. The third-order valence-corrected chi connectivity index (χ3v) is 5.61. The van der Waals surface area contributed by atoms with Crippen LogP contribution in [0, 0.1) is 13.8 Å². The molecule has 0 aromatic heterocycles. The standard InChI is InChI=1S/C26H36N2O3/c1-5-7-17-27-26(30)23(6-2)28(18-16-22-13-9-8-10-14-22)25(29)19-31-24-15-11-12-20(3)21(24)4/h8-15,23H,5-7,16-19H2,1-4H3,(H,27,30). The van der Waals surface area contributed by atoms with E-state index >= 15 is 0 Å². The molecule has 0 radical (unpaired) electrons. The van der Waals surface area contributed by atoms with Crippen molar-refractivity contribution in [2.45, 2.75) is 59.4 Å². The Morgan fingerprint density at radius 1 is 1.03 bits per heavy atom. The smallest absolute Gasteiger partial charge is 0.261 e. The minimum absolute atomic E-state index is 0.0855. The summed E-state index contributed by atoms with van der Waals surface area (Å²) in [6.45, 7) is 9.05. The third kappa shape index (κ3) is 7.42. The quantitative estimate of drug-likeness (QED) is 0.512. The van der Waals surface area contributed by atoms with E-state index in [0.29, 0.717) is 31.7 Å². The molecule has 0 aliphatic rings. The molecule has 1 unspecified atom stereocenters. The summed E-state index contributed by atoms with van der Waals surface area (Å²) in [4.78, 5) is 27.7. The fourth-order valence-corrected chi connectivity index (χ4v) is 3.51. The first-order valence-electron chi connectivity index (χ1n) is 11.3. The molecule has 0 saturated heterocycles. The van der Waals surface area contributed by atoms with Crippen molar-refractivity contribution >= 4 is 11.8 Å². The highest BCUT2D eigenvalue weighted by Gasteiger charge is 2.28. The van der Waals surface area contributed by atoms with Crippen LogP contribution in [0.4, 0.5) is 0 Å². The molecule has 0 aliphatic carbocycles. The lowest BCUT2D eigenvalue weighted by Crippen LogP contribution is -2.51. The van der Waals surface area contributed by atoms with Gasteiger partial charge >= 0.3 is 0 Å². The second-order valence-electron chi connectivity index (χ2n) is 7.88. The number of nitrogens with zero attached hydrogens (tertiary/aromatic N) is 1. The topological polar surface area (TPSA) is 58.6 Å². The molecular formula is C26H36N2O3. The average Bonchev–Trinajstić information content (AvgIpc) is 2.78. The van der Waals surface area contributed by atoms with Crippen molar-refractivity contribution < 1.29 is 14.3 Å². The maximum Gasteiger partial charge on any atom is 0.261 e. The van der Waals surface area contributed by atoms with Crippen LogP contribution >= 0.6 is 0 Å². The van der Waals surface area contributed by atoms with Crippen LogP contribution < -0.4 is 10.1 Å². The van der Waals surface area contributed by atoms with Crippen molar-refractivity contribution in [1.82, 2.24) is 10.2 Å². The van der Waals surface area contributed by atoms with Gasteiger partial charge in [-0.1, -0.05) is 62.7 Å². The van der Waals surface area contributed by atoms with Crippen LogP contribution in [0.3, 0.4) is 0 Å². The van der Waals surface area contributed by atoms with E-state index in [-0.39, 0.29) is 18.4 Å². The lowest BCUT2D eigenvalue weighted by molar-refractivity contribution is -0.142. The van der Waals surface area contributed by atoms with Crippen molar-refractivity contribution in [3.05, 3.63) is 65.2 Å². The molecule has 0 spiro atoms. The molecular weight excluding hydrogens is 388 g/mol. The summed E-state index contributed by atoms with van der Waals surface area (Å²) >= 11 is 0. The lowest BCUT2D eigenvalue weighted by Gasteiger charge is -2.30. The first-order chi connectivity index (χ1) is 15.0. The summed E-state index contributed by atoms with van der Waals surface area (Å²) in [5, 5.41) is 2.98. The molecule has 0 heterocycles. The summed E-state index contributed by atoms with van der Waals surface area (Å²) in [6.07, 6.45) is 3.18. The van der Waals surface area contributed by atoms with Gasteiger partial charge in [0.2, 0.25) is 5.91 Å². The molecule has 5 heteroatoms. The molecule has 0 saturated carbocycles. The van der Waals surface area contributed by atoms with Crippen molar-refractivity contribution in [3.63, 3.8) is 0 Å². The van der Waals surface area contributed by atoms with Crippen LogP contribution in [0.2, 0.25) is 0 Å². The van der Waals surface area contributed by atoms with Gasteiger partial charge in [-0.2, -0.15) is 0 Å². The van der Waals surface area contributed by atoms with Crippen molar-refractivity contribution in [2.24, 2.45) is 0 Å². The molecule has 0 aliphatic heterocycles. The van der Waals surface area contributed by atoms with Crippen LogP contribution in [0.1, 0.15) is 49.8 Å². The molecule has 31 heavy (non-hydrogen) atoms.